The molecule has 2 heterocycles. The fraction of sp³-hybridized carbons (Fsp3) is 0.444. The lowest BCUT2D eigenvalue weighted by molar-refractivity contribution is -0.139. The van der Waals surface area contributed by atoms with Crippen LogP contribution in [0.2, 0.25) is 0 Å². The average molecular weight is 466 g/mol. The van der Waals surface area contributed by atoms with Crippen molar-refractivity contribution in [2.75, 3.05) is 26.2 Å². The molecule has 182 valence electrons. The summed E-state index contributed by atoms with van der Waals surface area (Å²) in [5.41, 5.74) is 1.54. The van der Waals surface area contributed by atoms with E-state index in [0.717, 1.165) is 29.8 Å². The highest BCUT2D eigenvalue weighted by atomic mass is 16.5. The molecule has 0 aromatic heterocycles. The second-order valence-electron chi connectivity index (χ2n) is 9.22. The van der Waals surface area contributed by atoms with Gasteiger partial charge in [-0.05, 0) is 69.5 Å². The van der Waals surface area contributed by atoms with Gasteiger partial charge in [0.05, 0.1) is 12.3 Å². The van der Waals surface area contributed by atoms with Gasteiger partial charge in [-0.15, -0.1) is 0 Å². The molecule has 2 atom stereocenters. The first-order valence-electron chi connectivity index (χ1n) is 12.1. The van der Waals surface area contributed by atoms with Crippen molar-refractivity contribution in [3.63, 3.8) is 0 Å². The van der Waals surface area contributed by atoms with Crippen LogP contribution in [0.25, 0.3) is 0 Å². The Kier molecular flexibility index (Phi) is 7.75. The Morgan fingerprint density at radius 3 is 2.65 bits per heavy atom. The average Bonchev–Trinajstić information content (AvgIpc) is 3.41. The highest BCUT2D eigenvalue weighted by molar-refractivity contribution is 5.86. The quantitative estimate of drug-likeness (QED) is 0.435. The SMILES string of the molecule is CC1CCCN1CCCOc1ccc(C2(C)NC(CNCc3ccccc3)=C(C(=O)O)O2)cc1. The number of benzene rings is 2. The predicted octanol–water partition coefficient (Wildman–Crippen LogP) is 3.82. The van der Waals surface area contributed by atoms with E-state index in [2.05, 4.69) is 22.5 Å². The van der Waals surface area contributed by atoms with Crippen molar-refractivity contribution in [3.05, 3.63) is 77.2 Å². The zero-order valence-electron chi connectivity index (χ0n) is 20.0. The van der Waals surface area contributed by atoms with Gasteiger partial charge < -0.3 is 30.1 Å². The van der Waals surface area contributed by atoms with Gasteiger partial charge in [0, 0.05) is 31.2 Å². The van der Waals surface area contributed by atoms with Gasteiger partial charge in [-0.3, -0.25) is 0 Å². The highest BCUT2D eigenvalue weighted by Crippen LogP contribution is 2.34. The van der Waals surface area contributed by atoms with Crippen LogP contribution in [0.4, 0.5) is 0 Å². The van der Waals surface area contributed by atoms with Crippen LogP contribution in [0.3, 0.4) is 0 Å². The summed E-state index contributed by atoms with van der Waals surface area (Å²) in [7, 11) is 0. The Bertz CT molecular complexity index is 993. The molecule has 0 aliphatic carbocycles. The molecular weight excluding hydrogens is 430 g/mol. The first-order chi connectivity index (χ1) is 16.4. The summed E-state index contributed by atoms with van der Waals surface area (Å²) in [4.78, 5) is 14.3. The second kappa shape index (κ2) is 10.9. The molecule has 0 saturated carbocycles. The van der Waals surface area contributed by atoms with Crippen molar-refractivity contribution in [2.24, 2.45) is 0 Å². The van der Waals surface area contributed by atoms with Crippen molar-refractivity contribution >= 4 is 5.97 Å². The van der Waals surface area contributed by atoms with E-state index in [1.807, 2.05) is 61.5 Å². The third-order valence-corrected chi connectivity index (χ3v) is 6.59. The lowest BCUT2D eigenvalue weighted by Crippen LogP contribution is -2.37. The Morgan fingerprint density at radius 2 is 1.97 bits per heavy atom. The zero-order valence-corrected chi connectivity index (χ0v) is 20.0. The minimum Gasteiger partial charge on any atom is -0.494 e. The molecule has 1 fully saturated rings. The van der Waals surface area contributed by atoms with Crippen LogP contribution in [0.1, 0.15) is 44.2 Å². The highest BCUT2D eigenvalue weighted by Gasteiger charge is 2.40. The maximum atomic E-state index is 11.8. The van der Waals surface area contributed by atoms with E-state index < -0.39 is 11.7 Å². The number of likely N-dealkylation sites (tertiary alicyclic amines) is 1. The standard InChI is InChI=1S/C27H35N3O4/c1-20-8-6-15-30(20)16-7-17-33-23-13-11-22(12-14-23)27(2)29-24(25(34-27)26(31)32)19-28-18-21-9-4-3-5-10-21/h3-5,9-14,20,28-29H,6-8,15-19H2,1-2H3,(H,31,32). The molecule has 4 rings (SSSR count). The van der Waals surface area contributed by atoms with Gasteiger partial charge in [0.15, 0.2) is 0 Å². The van der Waals surface area contributed by atoms with Gasteiger partial charge in [-0.2, -0.15) is 0 Å². The van der Waals surface area contributed by atoms with E-state index in [-0.39, 0.29) is 5.76 Å². The molecule has 1 saturated heterocycles. The van der Waals surface area contributed by atoms with E-state index in [1.165, 1.54) is 19.4 Å². The lowest BCUT2D eigenvalue weighted by Gasteiger charge is -2.26. The summed E-state index contributed by atoms with van der Waals surface area (Å²) in [5, 5.41) is 16.2. The summed E-state index contributed by atoms with van der Waals surface area (Å²) >= 11 is 0. The van der Waals surface area contributed by atoms with Crippen LogP contribution >= 0.6 is 0 Å². The molecule has 0 spiro atoms. The molecule has 2 aliphatic rings. The number of hydrogen-bond donors (Lipinski definition) is 3. The van der Waals surface area contributed by atoms with Gasteiger partial charge in [0.2, 0.25) is 11.5 Å². The Balaban J connectivity index is 1.30. The van der Waals surface area contributed by atoms with Crippen molar-refractivity contribution < 1.29 is 19.4 Å². The molecule has 34 heavy (non-hydrogen) atoms. The van der Waals surface area contributed by atoms with E-state index in [1.54, 1.807) is 0 Å². The number of hydrogen-bond acceptors (Lipinski definition) is 6. The molecule has 2 aliphatic heterocycles. The van der Waals surface area contributed by atoms with Crippen LogP contribution in [0.5, 0.6) is 5.75 Å². The van der Waals surface area contributed by atoms with Crippen LogP contribution < -0.4 is 15.4 Å². The Labute approximate surface area is 201 Å². The molecule has 2 aromatic carbocycles. The molecule has 7 nitrogen and oxygen atoms in total. The minimum atomic E-state index is -1.08. The van der Waals surface area contributed by atoms with E-state index in [0.29, 0.717) is 31.4 Å². The molecule has 7 heteroatoms. The zero-order chi connectivity index (χ0) is 24.0. The molecule has 2 unspecified atom stereocenters. The van der Waals surface area contributed by atoms with E-state index in [9.17, 15) is 9.90 Å². The number of nitrogens with one attached hydrogen (secondary N) is 2. The first-order valence-corrected chi connectivity index (χ1v) is 12.1. The number of nitrogens with zero attached hydrogens (tertiary/aromatic N) is 1. The third kappa shape index (κ3) is 5.90. The third-order valence-electron chi connectivity index (χ3n) is 6.59. The molecular formula is C27H35N3O4. The fourth-order valence-electron chi connectivity index (χ4n) is 4.64. The number of rotatable bonds is 11. The Hall–Kier alpha value is -3.03. The first kappa shape index (κ1) is 24.1. The number of carboxylic acids is 1. The summed E-state index contributed by atoms with van der Waals surface area (Å²) in [6, 6.07) is 18.3. The van der Waals surface area contributed by atoms with Gasteiger partial charge in [-0.25, -0.2) is 4.79 Å². The predicted molar refractivity (Wildman–Crippen MR) is 131 cm³/mol. The van der Waals surface area contributed by atoms with E-state index >= 15 is 0 Å². The smallest absolute Gasteiger partial charge is 0.373 e. The second-order valence-corrected chi connectivity index (χ2v) is 9.22. The van der Waals surface area contributed by atoms with Gasteiger partial charge in [-0.1, -0.05) is 30.3 Å². The molecule has 3 N–H and O–H groups in total. The van der Waals surface area contributed by atoms with Crippen LogP contribution in [-0.4, -0.2) is 48.3 Å². The number of carbonyl (C=O) groups is 1. The minimum absolute atomic E-state index is 0.0560. The summed E-state index contributed by atoms with van der Waals surface area (Å²) in [6.07, 6.45) is 3.59. The molecule has 2 aromatic rings. The van der Waals surface area contributed by atoms with Crippen molar-refractivity contribution in [1.29, 1.82) is 0 Å². The molecule has 0 bridgehead atoms. The fourth-order valence-corrected chi connectivity index (χ4v) is 4.64. The largest absolute Gasteiger partial charge is 0.494 e. The summed E-state index contributed by atoms with van der Waals surface area (Å²) in [5.74, 6) is -0.337. The normalized spacial score (nSPS) is 22.5. The van der Waals surface area contributed by atoms with Gasteiger partial charge >= 0.3 is 5.97 Å². The molecule has 0 amide bonds. The maximum Gasteiger partial charge on any atom is 0.373 e. The summed E-state index contributed by atoms with van der Waals surface area (Å²) in [6.45, 7) is 8.07. The monoisotopic (exact) mass is 465 g/mol. The van der Waals surface area contributed by atoms with E-state index in [4.69, 9.17) is 9.47 Å². The van der Waals surface area contributed by atoms with Crippen LogP contribution in [-0.2, 0) is 21.8 Å². The summed E-state index contributed by atoms with van der Waals surface area (Å²) < 4.78 is 11.8. The number of carboxylic acid groups (broad SMARTS) is 1. The van der Waals surface area contributed by atoms with Crippen LogP contribution in [0, 0.1) is 0 Å². The van der Waals surface area contributed by atoms with Crippen molar-refractivity contribution in [3.8, 4) is 5.75 Å². The van der Waals surface area contributed by atoms with Gasteiger partial charge in [0.1, 0.15) is 5.75 Å². The Morgan fingerprint density at radius 1 is 1.21 bits per heavy atom. The number of ether oxygens (including phenoxy) is 2. The molecule has 0 radical (unpaired) electrons. The van der Waals surface area contributed by atoms with Crippen molar-refractivity contribution in [2.45, 2.75) is 51.4 Å². The van der Waals surface area contributed by atoms with Gasteiger partial charge in [0.25, 0.3) is 0 Å². The lowest BCUT2D eigenvalue weighted by atomic mass is 10.0. The maximum absolute atomic E-state index is 11.8. The van der Waals surface area contributed by atoms with Crippen LogP contribution in [0.15, 0.2) is 66.1 Å². The van der Waals surface area contributed by atoms with Crippen molar-refractivity contribution in [1.82, 2.24) is 15.5 Å². The topological polar surface area (TPSA) is 83.1 Å². The number of aliphatic carboxylic acids is 1.